The summed E-state index contributed by atoms with van der Waals surface area (Å²) in [5.41, 5.74) is 4.36. The van der Waals surface area contributed by atoms with Crippen LogP contribution in [0.3, 0.4) is 0 Å². The van der Waals surface area contributed by atoms with Crippen molar-refractivity contribution in [3.8, 4) is 11.4 Å². The van der Waals surface area contributed by atoms with Gasteiger partial charge in [0, 0.05) is 24.2 Å². The maximum Gasteiger partial charge on any atom is 0.232 e. The number of anilines is 1. The zero-order valence-corrected chi connectivity index (χ0v) is 16.4. The van der Waals surface area contributed by atoms with Gasteiger partial charge in [-0.25, -0.2) is 0 Å². The molecule has 5 heteroatoms. The fourth-order valence-electron chi connectivity index (χ4n) is 3.57. The van der Waals surface area contributed by atoms with Crippen molar-refractivity contribution < 1.29 is 9.32 Å². The first kappa shape index (κ1) is 18.4. The second-order valence-electron chi connectivity index (χ2n) is 7.50. The van der Waals surface area contributed by atoms with E-state index in [2.05, 4.69) is 29.2 Å². The highest BCUT2D eigenvalue weighted by Crippen LogP contribution is 2.32. The normalized spacial score (nSPS) is 16.7. The number of aromatic nitrogens is 2. The van der Waals surface area contributed by atoms with Gasteiger partial charge in [-0.3, -0.25) is 4.79 Å². The third-order valence-corrected chi connectivity index (χ3v) is 5.29. The van der Waals surface area contributed by atoms with Crippen LogP contribution in [0.2, 0.25) is 0 Å². The minimum Gasteiger partial charge on any atom is -0.339 e. The number of carbonyl (C=O) groups is 1. The predicted octanol–water partition coefficient (Wildman–Crippen LogP) is 4.91. The van der Waals surface area contributed by atoms with E-state index in [1.165, 1.54) is 24.0 Å². The van der Waals surface area contributed by atoms with Gasteiger partial charge in [-0.05, 0) is 37.5 Å². The fraction of sp³-hybridized carbons (Fsp3) is 0.348. The average molecular weight is 375 g/mol. The lowest BCUT2D eigenvalue weighted by atomic mass is 10.1. The molecule has 1 fully saturated rings. The van der Waals surface area contributed by atoms with Crippen molar-refractivity contribution in [1.29, 1.82) is 0 Å². The van der Waals surface area contributed by atoms with Crippen LogP contribution in [0.15, 0.2) is 53.1 Å². The van der Waals surface area contributed by atoms with Crippen molar-refractivity contribution in [1.82, 2.24) is 10.1 Å². The van der Waals surface area contributed by atoms with E-state index in [0.717, 1.165) is 17.7 Å². The first-order chi connectivity index (χ1) is 13.6. The Hall–Kier alpha value is -2.95. The lowest BCUT2D eigenvalue weighted by Gasteiger charge is -2.16. The van der Waals surface area contributed by atoms with Crippen LogP contribution in [0.1, 0.15) is 49.1 Å². The molecule has 0 saturated carbocycles. The number of unbranched alkanes of at least 4 members (excludes halogenated alkanes) is 1. The van der Waals surface area contributed by atoms with Crippen LogP contribution >= 0.6 is 0 Å². The molecule has 28 heavy (non-hydrogen) atoms. The molecule has 1 amide bonds. The Labute approximate surface area is 165 Å². The van der Waals surface area contributed by atoms with Gasteiger partial charge >= 0.3 is 0 Å². The van der Waals surface area contributed by atoms with E-state index in [0.29, 0.717) is 24.7 Å². The van der Waals surface area contributed by atoms with Crippen LogP contribution in [0, 0.1) is 6.92 Å². The summed E-state index contributed by atoms with van der Waals surface area (Å²) in [7, 11) is 0. The van der Waals surface area contributed by atoms with Gasteiger partial charge in [0.2, 0.25) is 17.6 Å². The van der Waals surface area contributed by atoms with Crippen molar-refractivity contribution in [3.63, 3.8) is 0 Å². The molecule has 0 spiro atoms. The number of carbonyl (C=O) groups excluding carboxylic acids is 1. The van der Waals surface area contributed by atoms with Gasteiger partial charge in [0.25, 0.3) is 0 Å². The number of aryl methyl sites for hydroxylation is 2. The largest absolute Gasteiger partial charge is 0.339 e. The van der Waals surface area contributed by atoms with Crippen LogP contribution in [-0.2, 0) is 11.2 Å². The molecule has 1 aromatic heterocycles. The van der Waals surface area contributed by atoms with Gasteiger partial charge < -0.3 is 9.42 Å². The van der Waals surface area contributed by atoms with E-state index in [1.807, 2.05) is 48.2 Å². The number of hydrogen-bond donors (Lipinski definition) is 0. The average Bonchev–Trinajstić information content (AvgIpc) is 3.34. The Balaban J connectivity index is 1.47. The second-order valence-corrected chi connectivity index (χ2v) is 7.50. The number of benzene rings is 2. The SMILES string of the molecule is CCCCc1ccc(N2CC(c3nc(-c4ccc(C)cc4)no3)CC2=O)cc1. The number of amides is 1. The Morgan fingerprint density at radius 3 is 2.57 bits per heavy atom. The number of hydrogen-bond acceptors (Lipinski definition) is 4. The summed E-state index contributed by atoms with van der Waals surface area (Å²) in [6.07, 6.45) is 3.84. The first-order valence-electron chi connectivity index (χ1n) is 9.94. The molecule has 1 aliphatic heterocycles. The second kappa shape index (κ2) is 7.97. The van der Waals surface area contributed by atoms with Gasteiger partial charge in [0.1, 0.15) is 0 Å². The van der Waals surface area contributed by atoms with E-state index in [9.17, 15) is 4.79 Å². The van der Waals surface area contributed by atoms with E-state index >= 15 is 0 Å². The summed E-state index contributed by atoms with van der Waals surface area (Å²) in [6.45, 7) is 4.81. The quantitative estimate of drug-likeness (QED) is 0.614. The maximum atomic E-state index is 12.6. The summed E-state index contributed by atoms with van der Waals surface area (Å²) in [5, 5.41) is 4.11. The summed E-state index contributed by atoms with van der Waals surface area (Å²) in [6, 6.07) is 16.3. The minimum atomic E-state index is -0.0704. The van der Waals surface area contributed by atoms with E-state index in [1.54, 1.807) is 0 Å². The summed E-state index contributed by atoms with van der Waals surface area (Å²) < 4.78 is 5.49. The maximum absolute atomic E-state index is 12.6. The van der Waals surface area contributed by atoms with Gasteiger partial charge in [-0.2, -0.15) is 4.98 Å². The fourth-order valence-corrected chi connectivity index (χ4v) is 3.57. The topological polar surface area (TPSA) is 59.2 Å². The van der Waals surface area contributed by atoms with E-state index in [-0.39, 0.29) is 11.8 Å². The molecule has 1 saturated heterocycles. The Morgan fingerprint density at radius 2 is 1.86 bits per heavy atom. The lowest BCUT2D eigenvalue weighted by molar-refractivity contribution is -0.117. The van der Waals surface area contributed by atoms with Gasteiger partial charge in [0.15, 0.2) is 0 Å². The Kier molecular flexibility index (Phi) is 5.24. The number of rotatable bonds is 6. The molecular formula is C23H25N3O2. The Bertz CT molecular complexity index is 945. The molecule has 2 heterocycles. The van der Waals surface area contributed by atoms with Gasteiger partial charge in [0.05, 0.1) is 5.92 Å². The van der Waals surface area contributed by atoms with Gasteiger partial charge in [-0.1, -0.05) is 60.5 Å². The van der Waals surface area contributed by atoms with Crippen LogP contribution < -0.4 is 4.90 Å². The van der Waals surface area contributed by atoms with Crippen molar-refractivity contribution in [2.24, 2.45) is 0 Å². The molecule has 144 valence electrons. The molecule has 0 N–H and O–H groups in total. The summed E-state index contributed by atoms with van der Waals surface area (Å²) in [5.74, 6) is 1.13. The molecule has 0 radical (unpaired) electrons. The molecule has 4 rings (SSSR count). The molecule has 1 aliphatic rings. The van der Waals surface area contributed by atoms with Crippen LogP contribution in [0.25, 0.3) is 11.4 Å². The molecule has 2 aromatic carbocycles. The smallest absolute Gasteiger partial charge is 0.232 e. The molecule has 1 atom stereocenters. The Morgan fingerprint density at radius 1 is 1.11 bits per heavy atom. The molecule has 0 bridgehead atoms. The molecule has 5 nitrogen and oxygen atoms in total. The standard InChI is InChI=1S/C23H25N3O2/c1-3-4-5-17-8-12-20(13-9-17)26-15-19(14-21(26)27)23-24-22(25-28-23)18-10-6-16(2)7-11-18/h6-13,19H,3-5,14-15H2,1-2H3. The molecular weight excluding hydrogens is 350 g/mol. The number of nitrogens with zero attached hydrogens (tertiary/aromatic N) is 3. The minimum absolute atomic E-state index is 0.0704. The lowest BCUT2D eigenvalue weighted by Crippen LogP contribution is -2.24. The van der Waals surface area contributed by atoms with E-state index in [4.69, 9.17) is 4.52 Å². The van der Waals surface area contributed by atoms with Crippen LogP contribution in [0.4, 0.5) is 5.69 Å². The van der Waals surface area contributed by atoms with Crippen molar-refractivity contribution in [2.75, 3.05) is 11.4 Å². The van der Waals surface area contributed by atoms with Crippen molar-refractivity contribution in [3.05, 3.63) is 65.5 Å². The first-order valence-corrected chi connectivity index (χ1v) is 9.94. The monoisotopic (exact) mass is 375 g/mol. The van der Waals surface area contributed by atoms with Crippen LogP contribution in [-0.4, -0.2) is 22.6 Å². The molecule has 3 aromatic rings. The van der Waals surface area contributed by atoms with Crippen LogP contribution in [0.5, 0.6) is 0 Å². The van der Waals surface area contributed by atoms with Crippen molar-refractivity contribution in [2.45, 2.75) is 45.4 Å². The summed E-state index contributed by atoms with van der Waals surface area (Å²) >= 11 is 0. The highest BCUT2D eigenvalue weighted by Gasteiger charge is 2.35. The summed E-state index contributed by atoms with van der Waals surface area (Å²) in [4.78, 5) is 18.9. The zero-order valence-electron chi connectivity index (χ0n) is 16.4. The predicted molar refractivity (Wildman–Crippen MR) is 109 cm³/mol. The third-order valence-electron chi connectivity index (χ3n) is 5.29. The highest BCUT2D eigenvalue weighted by molar-refractivity contribution is 5.96. The van der Waals surface area contributed by atoms with Crippen molar-refractivity contribution >= 4 is 11.6 Å². The van der Waals surface area contributed by atoms with Gasteiger partial charge in [-0.15, -0.1) is 0 Å². The molecule has 1 unspecified atom stereocenters. The zero-order chi connectivity index (χ0) is 19.5. The van der Waals surface area contributed by atoms with E-state index < -0.39 is 0 Å². The third kappa shape index (κ3) is 3.84. The highest BCUT2D eigenvalue weighted by atomic mass is 16.5. The molecule has 0 aliphatic carbocycles.